The van der Waals surface area contributed by atoms with Crippen molar-refractivity contribution in [3.8, 4) is 0 Å². The van der Waals surface area contributed by atoms with E-state index in [1.165, 1.54) is 69.9 Å². The van der Waals surface area contributed by atoms with E-state index in [0.29, 0.717) is 12.1 Å². The lowest BCUT2D eigenvalue weighted by atomic mass is 9.96. The van der Waals surface area contributed by atoms with E-state index < -0.39 is 0 Å². The summed E-state index contributed by atoms with van der Waals surface area (Å²) in [6, 6.07) is 3.44. The molecule has 2 rings (SSSR count). The molecule has 0 aliphatic heterocycles. The first-order valence-corrected chi connectivity index (χ1v) is 9.07. The lowest BCUT2D eigenvalue weighted by Crippen LogP contribution is -2.25. The Labute approximate surface area is 130 Å². The Morgan fingerprint density at radius 2 is 2.05 bits per heavy atom. The number of aromatic nitrogens is 2. The maximum Gasteiger partial charge on any atom is 0.0762 e. The van der Waals surface area contributed by atoms with E-state index in [1.807, 2.05) is 0 Å². The molecule has 1 atom stereocenters. The van der Waals surface area contributed by atoms with Gasteiger partial charge in [0.25, 0.3) is 0 Å². The fourth-order valence-corrected chi connectivity index (χ4v) is 3.28. The summed E-state index contributed by atoms with van der Waals surface area (Å²) in [6.07, 6.45) is 15.6. The van der Waals surface area contributed by atoms with E-state index >= 15 is 0 Å². The van der Waals surface area contributed by atoms with Crippen LogP contribution in [0.3, 0.4) is 0 Å². The topological polar surface area (TPSA) is 29.9 Å². The average molecular weight is 291 g/mol. The number of hydrogen-bond acceptors (Lipinski definition) is 2. The van der Waals surface area contributed by atoms with Crippen molar-refractivity contribution in [1.82, 2.24) is 15.1 Å². The second-order valence-electron chi connectivity index (χ2n) is 6.71. The zero-order chi connectivity index (χ0) is 14.9. The molecule has 0 bridgehead atoms. The lowest BCUT2D eigenvalue weighted by molar-refractivity contribution is 0.327. The van der Waals surface area contributed by atoms with Crippen LogP contribution < -0.4 is 5.32 Å². The van der Waals surface area contributed by atoms with E-state index in [9.17, 15) is 0 Å². The van der Waals surface area contributed by atoms with E-state index in [1.54, 1.807) is 0 Å². The summed E-state index contributed by atoms with van der Waals surface area (Å²) in [4.78, 5) is 0. The zero-order valence-electron chi connectivity index (χ0n) is 14.0. The van der Waals surface area contributed by atoms with Gasteiger partial charge in [-0.1, -0.05) is 51.9 Å². The number of nitrogens with zero attached hydrogens (tertiary/aromatic N) is 2. The first-order valence-electron chi connectivity index (χ1n) is 9.07. The Balaban J connectivity index is 1.67. The van der Waals surface area contributed by atoms with E-state index in [0.717, 1.165) is 6.54 Å². The molecule has 0 saturated heterocycles. The van der Waals surface area contributed by atoms with Crippen molar-refractivity contribution in [2.45, 2.75) is 96.7 Å². The predicted molar refractivity (Wildman–Crippen MR) is 89.4 cm³/mol. The molecule has 1 unspecified atom stereocenters. The second kappa shape index (κ2) is 9.24. The number of hydrogen-bond donors (Lipinski definition) is 1. The summed E-state index contributed by atoms with van der Waals surface area (Å²) in [5.74, 6) is 0. The maximum absolute atomic E-state index is 4.77. The Morgan fingerprint density at radius 1 is 1.24 bits per heavy atom. The first-order chi connectivity index (χ1) is 10.3. The van der Waals surface area contributed by atoms with Crippen LogP contribution in [0.15, 0.2) is 12.3 Å². The van der Waals surface area contributed by atoms with E-state index in [-0.39, 0.29) is 0 Å². The van der Waals surface area contributed by atoms with Crippen LogP contribution in [0.4, 0.5) is 0 Å². The van der Waals surface area contributed by atoms with Gasteiger partial charge < -0.3 is 5.32 Å². The normalized spacial score (nSPS) is 18.0. The van der Waals surface area contributed by atoms with Gasteiger partial charge in [-0.05, 0) is 32.3 Å². The molecular weight excluding hydrogens is 258 g/mol. The van der Waals surface area contributed by atoms with Crippen molar-refractivity contribution in [1.29, 1.82) is 0 Å². The third-order valence-corrected chi connectivity index (χ3v) is 4.73. The Hall–Kier alpha value is -0.830. The number of rotatable bonds is 9. The largest absolute Gasteiger partial charge is 0.309 e. The summed E-state index contributed by atoms with van der Waals surface area (Å²) in [5.41, 5.74) is 1.20. The molecule has 1 aromatic rings. The molecule has 0 amide bonds. The van der Waals surface area contributed by atoms with Crippen molar-refractivity contribution in [2.75, 3.05) is 0 Å². The highest BCUT2D eigenvalue weighted by Gasteiger charge is 2.15. The minimum Gasteiger partial charge on any atom is -0.309 e. The van der Waals surface area contributed by atoms with Crippen molar-refractivity contribution < 1.29 is 0 Å². The van der Waals surface area contributed by atoms with Crippen LogP contribution in [0.25, 0.3) is 0 Å². The zero-order valence-corrected chi connectivity index (χ0v) is 14.0. The number of nitrogens with one attached hydrogen (secondary N) is 1. The van der Waals surface area contributed by atoms with E-state index in [4.69, 9.17) is 5.10 Å². The molecule has 0 aromatic carbocycles. The molecule has 1 aromatic heterocycles. The Morgan fingerprint density at radius 3 is 2.81 bits per heavy atom. The summed E-state index contributed by atoms with van der Waals surface area (Å²) >= 11 is 0. The van der Waals surface area contributed by atoms with Crippen LogP contribution in [-0.2, 0) is 6.54 Å². The molecule has 1 aliphatic carbocycles. The summed E-state index contributed by atoms with van der Waals surface area (Å²) in [5, 5.41) is 8.39. The van der Waals surface area contributed by atoms with Gasteiger partial charge in [0.05, 0.1) is 11.7 Å². The fraction of sp³-hybridized carbons (Fsp3) is 0.833. The van der Waals surface area contributed by atoms with Crippen LogP contribution in [0, 0.1) is 0 Å². The average Bonchev–Trinajstić information content (AvgIpc) is 2.99. The Kier molecular flexibility index (Phi) is 7.28. The van der Waals surface area contributed by atoms with Crippen LogP contribution in [0.1, 0.15) is 89.8 Å². The Bertz CT molecular complexity index is 380. The van der Waals surface area contributed by atoms with Gasteiger partial charge in [0.15, 0.2) is 0 Å². The molecule has 21 heavy (non-hydrogen) atoms. The third kappa shape index (κ3) is 5.82. The van der Waals surface area contributed by atoms with Gasteiger partial charge in [-0.3, -0.25) is 4.68 Å². The molecule has 1 heterocycles. The standard InChI is InChI=1S/C18H33N3/c1-3-4-5-7-10-16(2)19-15-17-13-14-21(20-17)18-11-8-6-9-12-18/h13-14,16,18-19H,3-12,15H2,1-2H3. The minimum atomic E-state index is 0.599. The molecule has 120 valence electrons. The van der Waals surface area contributed by atoms with Gasteiger partial charge in [0, 0.05) is 18.8 Å². The SMILES string of the molecule is CCCCCCC(C)NCc1ccn(C2CCCCC2)n1. The van der Waals surface area contributed by atoms with Crippen LogP contribution in [-0.4, -0.2) is 15.8 Å². The van der Waals surface area contributed by atoms with Gasteiger partial charge >= 0.3 is 0 Å². The lowest BCUT2D eigenvalue weighted by Gasteiger charge is -2.21. The monoisotopic (exact) mass is 291 g/mol. The van der Waals surface area contributed by atoms with Gasteiger partial charge in [0.2, 0.25) is 0 Å². The third-order valence-electron chi connectivity index (χ3n) is 4.73. The highest BCUT2D eigenvalue weighted by atomic mass is 15.3. The molecule has 1 aliphatic rings. The molecule has 1 N–H and O–H groups in total. The van der Waals surface area contributed by atoms with Crippen molar-refractivity contribution in [2.24, 2.45) is 0 Å². The molecular formula is C18H33N3. The minimum absolute atomic E-state index is 0.599. The highest BCUT2D eigenvalue weighted by Crippen LogP contribution is 2.27. The van der Waals surface area contributed by atoms with Crippen LogP contribution >= 0.6 is 0 Å². The van der Waals surface area contributed by atoms with Crippen molar-refractivity contribution >= 4 is 0 Å². The second-order valence-corrected chi connectivity index (χ2v) is 6.71. The fourth-order valence-electron chi connectivity index (χ4n) is 3.28. The molecule has 0 radical (unpaired) electrons. The molecule has 1 saturated carbocycles. The predicted octanol–water partition coefficient (Wildman–Crippen LogP) is 4.84. The smallest absolute Gasteiger partial charge is 0.0762 e. The van der Waals surface area contributed by atoms with Gasteiger partial charge in [-0.2, -0.15) is 5.10 Å². The summed E-state index contributed by atoms with van der Waals surface area (Å²) in [6.45, 7) is 5.48. The molecule has 3 nitrogen and oxygen atoms in total. The number of unbranched alkanes of at least 4 members (excludes halogenated alkanes) is 3. The van der Waals surface area contributed by atoms with Gasteiger partial charge in [0.1, 0.15) is 0 Å². The van der Waals surface area contributed by atoms with Crippen molar-refractivity contribution in [3.63, 3.8) is 0 Å². The van der Waals surface area contributed by atoms with Gasteiger partial charge in [-0.15, -0.1) is 0 Å². The molecule has 1 fully saturated rings. The molecule has 3 heteroatoms. The molecule has 0 spiro atoms. The first kappa shape index (κ1) is 16.5. The van der Waals surface area contributed by atoms with Crippen LogP contribution in [0.5, 0.6) is 0 Å². The van der Waals surface area contributed by atoms with Crippen molar-refractivity contribution in [3.05, 3.63) is 18.0 Å². The summed E-state index contributed by atoms with van der Waals surface area (Å²) in [7, 11) is 0. The summed E-state index contributed by atoms with van der Waals surface area (Å²) < 4.78 is 2.21. The van der Waals surface area contributed by atoms with Gasteiger partial charge in [-0.25, -0.2) is 0 Å². The highest BCUT2D eigenvalue weighted by molar-refractivity contribution is 5.00. The quantitative estimate of drug-likeness (QED) is 0.660. The maximum atomic E-state index is 4.77. The van der Waals surface area contributed by atoms with E-state index in [2.05, 4.69) is 36.1 Å². The van der Waals surface area contributed by atoms with Crippen LogP contribution in [0.2, 0.25) is 0 Å².